The van der Waals surface area contributed by atoms with Crippen LogP contribution in [0, 0.1) is 6.92 Å². The number of likely N-dealkylation sites (N-methyl/N-ethyl adjacent to an activating group) is 1. The summed E-state index contributed by atoms with van der Waals surface area (Å²) >= 11 is 0. The van der Waals surface area contributed by atoms with Crippen LogP contribution in [0.4, 0.5) is 5.69 Å². The van der Waals surface area contributed by atoms with Crippen molar-refractivity contribution in [2.45, 2.75) is 32.8 Å². The van der Waals surface area contributed by atoms with Gasteiger partial charge in [-0.1, -0.05) is 25.1 Å². The highest BCUT2D eigenvalue weighted by atomic mass is 16.5. The Hall–Kier alpha value is -1.06. The summed E-state index contributed by atoms with van der Waals surface area (Å²) in [5, 5.41) is 3.52. The summed E-state index contributed by atoms with van der Waals surface area (Å²) in [5.74, 6) is 0. The number of aryl methyl sites for hydroxylation is 1. The number of ether oxygens (including phenoxy) is 1. The lowest BCUT2D eigenvalue weighted by atomic mass is 10.2. The summed E-state index contributed by atoms with van der Waals surface area (Å²) in [4.78, 5) is 2.47. The Balaban J connectivity index is 1.72. The van der Waals surface area contributed by atoms with E-state index in [4.69, 9.17) is 4.74 Å². The van der Waals surface area contributed by atoms with Gasteiger partial charge in [-0.15, -0.1) is 0 Å². The van der Waals surface area contributed by atoms with Crippen LogP contribution in [0.5, 0.6) is 0 Å². The van der Waals surface area contributed by atoms with E-state index < -0.39 is 0 Å². The lowest BCUT2D eigenvalue weighted by Crippen LogP contribution is -2.35. The third-order valence-corrected chi connectivity index (χ3v) is 3.82. The molecular formula is C16H26N2O. The average Bonchev–Trinajstić information content (AvgIpc) is 2.92. The van der Waals surface area contributed by atoms with Gasteiger partial charge in [-0.25, -0.2) is 0 Å². The summed E-state index contributed by atoms with van der Waals surface area (Å²) in [6, 6.07) is 8.45. The maximum atomic E-state index is 5.71. The van der Waals surface area contributed by atoms with E-state index in [9.17, 15) is 0 Å². The van der Waals surface area contributed by atoms with Gasteiger partial charge in [0, 0.05) is 31.9 Å². The van der Waals surface area contributed by atoms with E-state index in [-0.39, 0.29) is 0 Å². The number of rotatable bonds is 7. The summed E-state index contributed by atoms with van der Waals surface area (Å²) in [6.45, 7) is 9.55. The van der Waals surface area contributed by atoms with Gasteiger partial charge in [-0.3, -0.25) is 4.90 Å². The fourth-order valence-electron chi connectivity index (χ4n) is 2.57. The van der Waals surface area contributed by atoms with E-state index in [1.54, 1.807) is 0 Å². The van der Waals surface area contributed by atoms with Crippen LogP contribution in [0.1, 0.15) is 25.3 Å². The molecule has 0 radical (unpaired) electrons. The van der Waals surface area contributed by atoms with Crippen molar-refractivity contribution >= 4 is 5.69 Å². The Morgan fingerprint density at radius 3 is 2.89 bits per heavy atom. The normalized spacial score (nSPS) is 19.0. The molecule has 3 nitrogen and oxygen atoms in total. The summed E-state index contributed by atoms with van der Waals surface area (Å²) in [5.41, 5.74) is 2.56. The van der Waals surface area contributed by atoms with Crippen LogP contribution in [0.2, 0.25) is 0 Å². The highest BCUT2D eigenvalue weighted by Gasteiger charge is 2.18. The van der Waals surface area contributed by atoms with Crippen LogP contribution in [0.3, 0.4) is 0 Å². The van der Waals surface area contributed by atoms with Crippen molar-refractivity contribution in [2.75, 3.05) is 38.1 Å². The van der Waals surface area contributed by atoms with Crippen molar-refractivity contribution < 1.29 is 4.74 Å². The van der Waals surface area contributed by atoms with Gasteiger partial charge < -0.3 is 10.1 Å². The van der Waals surface area contributed by atoms with E-state index in [2.05, 4.69) is 48.3 Å². The Morgan fingerprint density at radius 2 is 2.21 bits per heavy atom. The van der Waals surface area contributed by atoms with Crippen LogP contribution < -0.4 is 5.32 Å². The van der Waals surface area contributed by atoms with Crippen molar-refractivity contribution in [1.29, 1.82) is 0 Å². The second-order valence-corrected chi connectivity index (χ2v) is 5.27. The van der Waals surface area contributed by atoms with Crippen LogP contribution in [-0.4, -0.2) is 43.8 Å². The third kappa shape index (κ3) is 4.51. The number of nitrogens with zero attached hydrogens (tertiary/aromatic N) is 1. The van der Waals surface area contributed by atoms with Gasteiger partial charge in [0.05, 0.1) is 6.10 Å². The summed E-state index contributed by atoms with van der Waals surface area (Å²) in [6.07, 6.45) is 2.91. The molecule has 0 saturated carbocycles. The lowest BCUT2D eigenvalue weighted by Gasteiger charge is -2.24. The first-order valence-electron chi connectivity index (χ1n) is 7.43. The molecule has 1 aromatic rings. The number of para-hydroxylation sites is 1. The highest BCUT2D eigenvalue weighted by Crippen LogP contribution is 2.14. The fourth-order valence-corrected chi connectivity index (χ4v) is 2.57. The first kappa shape index (κ1) is 14.4. The van der Waals surface area contributed by atoms with Crippen molar-refractivity contribution in [3.8, 4) is 0 Å². The minimum Gasteiger partial charge on any atom is -0.384 e. The van der Waals surface area contributed by atoms with Crippen LogP contribution in [-0.2, 0) is 4.74 Å². The van der Waals surface area contributed by atoms with Gasteiger partial charge in [0.15, 0.2) is 0 Å². The van der Waals surface area contributed by atoms with Crippen molar-refractivity contribution in [2.24, 2.45) is 0 Å². The SMILES string of the molecule is CCN(CCNc1ccccc1C)CC1CCCO1. The van der Waals surface area contributed by atoms with Crippen LogP contribution in [0.15, 0.2) is 24.3 Å². The van der Waals surface area contributed by atoms with Gasteiger partial charge in [0.25, 0.3) is 0 Å². The molecule has 0 amide bonds. The number of hydrogen-bond donors (Lipinski definition) is 1. The zero-order valence-electron chi connectivity index (χ0n) is 12.2. The molecule has 1 heterocycles. The minimum atomic E-state index is 0.457. The molecule has 1 unspecified atom stereocenters. The molecule has 0 aliphatic carbocycles. The van der Waals surface area contributed by atoms with Crippen LogP contribution >= 0.6 is 0 Å². The van der Waals surface area contributed by atoms with Crippen molar-refractivity contribution in [3.63, 3.8) is 0 Å². The Kier molecular flexibility index (Phi) is 5.67. The number of nitrogens with one attached hydrogen (secondary N) is 1. The monoisotopic (exact) mass is 262 g/mol. The zero-order valence-corrected chi connectivity index (χ0v) is 12.2. The van der Waals surface area contributed by atoms with Gasteiger partial charge in [-0.2, -0.15) is 0 Å². The first-order chi connectivity index (χ1) is 9.29. The lowest BCUT2D eigenvalue weighted by molar-refractivity contribution is 0.0761. The molecule has 1 aliphatic heterocycles. The predicted octanol–water partition coefficient (Wildman–Crippen LogP) is 2.91. The Bertz CT molecular complexity index is 375. The predicted molar refractivity (Wildman–Crippen MR) is 80.8 cm³/mol. The molecule has 1 fully saturated rings. The number of hydrogen-bond acceptors (Lipinski definition) is 3. The molecule has 1 saturated heterocycles. The topological polar surface area (TPSA) is 24.5 Å². The Morgan fingerprint density at radius 1 is 1.37 bits per heavy atom. The molecule has 1 atom stereocenters. The molecule has 106 valence electrons. The highest BCUT2D eigenvalue weighted by molar-refractivity contribution is 5.50. The molecule has 19 heavy (non-hydrogen) atoms. The van der Waals surface area contributed by atoms with Gasteiger partial charge in [0.1, 0.15) is 0 Å². The van der Waals surface area contributed by atoms with E-state index in [0.717, 1.165) is 32.8 Å². The molecule has 1 aromatic carbocycles. The third-order valence-electron chi connectivity index (χ3n) is 3.82. The maximum absolute atomic E-state index is 5.71. The van der Waals surface area contributed by atoms with E-state index in [0.29, 0.717) is 6.10 Å². The summed E-state index contributed by atoms with van der Waals surface area (Å²) < 4.78 is 5.71. The standard InChI is InChI=1S/C16H26N2O/c1-3-18(13-15-8-6-12-19-15)11-10-17-16-9-5-4-7-14(16)2/h4-5,7,9,15,17H,3,6,8,10-13H2,1-2H3. The van der Waals surface area contributed by atoms with Gasteiger partial charge >= 0.3 is 0 Å². The smallest absolute Gasteiger partial charge is 0.0702 e. The van der Waals surface area contributed by atoms with Crippen molar-refractivity contribution in [1.82, 2.24) is 4.90 Å². The quantitative estimate of drug-likeness (QED) is 0.817. The fraction of sp³-hybridized carbons (Fsp3) is 0.625. The van der Waals surface area contributed by atoms with Gasteiger partial charge in [0.2, 0.25) is 0 Å². The molecule has 3 heteroatoms. The molecule has 1 aliphatic rings. The largest absolute Gasteiger partial charge is 0.384 e. The molecule has 0 bridgehead atoms. The molecule has 0 aromatic heterocycles. The van der Waals surface area contributed by atoms with E-state index in [1.807, 2.05) is 0 Å². The van der Waals surface area contributed by atoms with E-state index >= 15 is 0 Å². The zero-order chi connectivity index (χ0) is 13.5. The van der Waals surface area contributed by atoms with Crippen molar-refractivity contribution in [3.05, 3.63) is 29.8 Å². The van der Waals surface area contributed by atoms with Crippen LogP contribution in [0.25, 0.3) is 0 Å². The molecular weight excluding hydrogens is 236 g/mol. The summed E-state index contributed by atoms with van der Waals surface area (Å²) in [7, 11) is 0. The molecule has 0 spiro atoms. The molecule has 2 rings (SSSR count). The number of anilines is 1. The maximum Gasteiger partial charge on any atom is 0.0702 e. The second-order valence-electron chi connectivity index (χ2n) is 5.27. The van der Waals surface area contributed by atoms with E-state index in [1.165, 1.54) is 24.1 Å². The average molecular weight is 262 g/mol. The molecule has 1 N–H and O–H groups in total. The Labute approximate surface area is 116 Å². The number of benzene rings is 1. The first-order valence-corrected chi connectivity index (χ1v) is 7.43. The minimum absolute atomic E-state index is 0.457. The van der Waals surface area contributed by atoms with Gasteiger partial charge in [-0.05, 0) is 37.9 Å². The second kappa shape index (κ2) is 7.51.